The number of hydrogen-bond donors (Lipinski definition) is 1. The van der Waals surface area contributed by atoms with E-state index in [0.717, 1.165) is 52.0 Å². The molecule has 5 nitrogen and oxygen atoms in total. The zero-order valence-corrected chi connectivity index (χ0v) is 13.2. The lowest BCUT2D eigenvalue weighted by atomic mass is 9.78. The van der Waals surface area contributed by atoms with Gasteiger partial charge < -0.3 is 15.0 Å². The van der Waals surface area contributed by atoms with Crippen LogP contribution in [-0.4, -0.2) is 74.2 Å². The summed E-state index contributed by atoms with van der Waals surface area (Å²) in [6, 6.07) is 0.510. The van der Waals surface area contributed by atoms with E-state index in [1.807, 2.05) is 0 Å². The maximum Gasteiger partial charge on any atom is 0.326 e. The summed E-state index contributed by atoms with van der Waals surface area (Å²) in [5.74, 6) is -0.0850. The zero-order chi connectivity index (χ0) is 14.6. The lowest BCUT2D eigenvalue weighted by Gasteiger charge is -2.45. The molecule has 1 saturated heterocycles. The minimum Gasteiger partial charge on any atom is -0.468 e. The monoisotopic (exact) mass is 283 g/mol. The predicted octanol–water partition coefficient (Wildman–Crippen LogP) is 0.698. The van der Waals surface area contributed by atoms with Crippen molar-refractivity contribution >= 4 is 5.97 Å². The standard InChI is InChI=1S/C15H29N3O2/c1-4-16-15(14(19)20-3)7-5-6-13(12-15)18-10-8-17(2)9-11-18/h13,16H,4-12H2,1-3H3. The summed E-state index contributed by atoms with van der Waals surface area (Å²) in [4.78, 5) is 17.2. The van der Waals surface area contributed by atoms with Crippen LogP contribution in [0.3, 0.4) is 0 Å². The van der Waals surface area contributed by atoms with Gasteiger partial charge >= 0.3 is 5.97 Å². The maximum atomic E-state index is 12.2. The van der Waals surface area contributed by atoms with Crippen LogP contribution in [0, 0.1) is 0 Å². The molecule has 1 saturated carbocycles. The molecule has 2 atom stereocenters. The Morgan fingerprint density at radius 2 is 2.05 bits per heavy atom. The first kappa shape index (κ1) is 15.7. The average molecular weight is 283 g/mol. The molecule has 116 valence electrons. The van der Waals surface area contributed by atoms with Crippen LogP contribution in [0.5, 0.6) is 0 Å². The minimum atomic E-state index is -0.463. The Kier molecular flexibility index (Phi) is 5.41. The molecule has 1 heterocycles. The van der Waals surface area contributed by atoms with Gasteiger partial charge in [0.05, 0.1) is 7.11 Å². The van der Waals surface area contributed by atoms with Gasteiger partial charge in [0.25, 0.3) is 0 Å². The van der Waals surface area contributed by atoms with Crippen LogP contribution in [0.1, 0.15) is 32.6 Å². The minimum absolute atomic E-state index is 0.0850. The quantitative estimate of drug-likeness (QED) is 0.770. The molecule has 2 fully saturated rings. The second-order valence-corrected chi connectivity index (χ2v) is 6.19. The van der Waals surface area contributed by atoms with Crippen LogP contribution < -0.4 is 5.32 Å². The lowest BCUT2D eigenvalue weighted by Crippen LogP contribution is -2.60. The molecule has 1 aliphatic carbocycles. The summed E-state index contributed by atoms with van der Waals surface area (Å²) < 4.78 is 5.07. The smallest absolute Gasteiger partial charge is 0.326 e. The van der Waals surface area contributed by atoms with Gasteiger partial charge in [-0.2, -0.15) is 0 Å². The number of ether oxygens (including phenoxy) is 1. The Morgan fingerprint density at radius 1 is 1.35 bits per heavy atom. The number of esters is 1. The predicted molar refractivity (Wildman–Crippen MR) is 79.7 cm³/mol. The van der Waals surface area contributed by atoms with Crippen molar-refractivity contribution < 1.29 is 9.53 Å². The van der Waals surface area contributed by atoms with E-state index in [4.69, 9.17) is 4.74 Å². The molecule has 0 aromatic rings. The van der Waals surface area contributed by atoms with Gasteiger partial charge in [-0.25, -0.2) is 0 Å². The average Bonchev–Trinajstić information content (AvgIpc) is 2.47. The highest BCUT2D eigenvalue weighted by atomic mass is 16.5. The zero-order valence-electron chi connectivity index (χ0n) is 13.2. The number of likely N-dealkylation sites (N-methyl/N-ethyl adjacent to an activating group) is 2. The van der Waals surface area contributed by atoms with Gasteiger partial charge in [0, 0.05) is 32.2 Å². The van der Waals surface area contributed by atoms with Gasteiger partial charge in [-0.1, -0.05) is 6.92 Å². The van der Waals surface area contributed by atoms with Crippen molar-refractivity contribution in [2.45, 2.75) is 44.2 Å². The summed E-state index contributed by atoms with van der Waals surface area (Å²) in [6.07, 6.45) is 4.09. The van der Waals surface area contributed by atoms with Crippen LogP contribution in [0.25, 0.3) is 0 Å². The molecule has 0 amide bonds. The molecule has 2 aliphatic rings. The van der Waals surface area contributed by atoms with Gasteiger partial charge in [0.1, 0.15) is 5.54 Å². The highest BCUT2D eigenvalue weighted by Gasteiger charge is 2.44. The molecule has 5 heteroatoms. The van der Waals surface area contributed by atoms with Gasteiger partial charge in [0.15, 0.2) is 0 Å². The van der Waals surface area contributed by atoms with Crippen LogP contribution in [0.4, 0.5) is 0 Å². The van der Waals surface area contributed by atoms with Crippen LogP contribution in [0.15, 0.2) is 0 Å². The molecule has 0 aromatic carbocycles. The third-order valence-electron chi connectivity index (χ3n) is 4.87. The van der Waals surface area contributed by atoms with Crippen molar-refractivity contribution in [1.29, 1.82) is 0 Å². The van der Waals surface area contributed by atoms with E-state index in [9.17, 15) is 4.79 Å². The molecule has 2 unspecified atom stereocenters. The number of nitrogens with one attached hydrogen (secondary N) is 1. The fraction of sp³-hybridized carbons (Fsp3) is 0.933. The van der Waals surface area contributed by atoms with E-state index < -0.39 is 5.54 Å². The Balaban J connectivity index is 2.03. The van der Waals surface area contributed by atoms with Crippen molar-refractivity contribution in [3.05, 3.63) is 0 Å². The highest BCUT2D eigenvalue weighted by molar-refractivity contribution is 5.81. The molecule has 0 radical (unpaired) electrons. The number of rotatable bonds is 4. The van der Waals surface area contributed by atoms with Crippen LogP contribution in [0.2, 0.25) is 0 Å². The number of methoxy groups -OCH3 is 1. The van der Waals surface area contributed by atoms with Crippen molar-refractivity contribution in [2.24, 2.45) is 0 Å². The largest absolute Gasteiger partial charge is 0.468 e. The van der Waals surface area contributed by atoms with Crippen molar-refractivity contribution in [3.63, 3.8) is 0 Å². The fourth-order valence-corrected chi connectivity index (χ4v) is 3.70. The van der Waals surface area contributed by atoms with Crippen LogP contribution >= 0.6 is 0 Å². The van der Waals surface area contributed by atoms with E-state index in [2.05, 4.69) is 29.1 Å². The lowest BCUT2D eigenvalue weighted by molar-refractivity contribution is -0.151. The first-order chi connectivity index (χ1) is 9.61. The molecule has 1 aliphatic heterocycles. The molecule has 0 aromatic heterocycles. The molecule has 2 rings (SSSR count). The summed E-state index contributed by atoms with van der Waals surface area (Å²) in [6.45, 7) is 7.36. The molecular weight excluding hydrogens is 254 g/mol. The van der Waals surface area contributed by atoms with Gasteiger partial charge in [0.2, 0.25) is 0 Å². The number of piperazine rings is 1. The van der Waals surface area contributed by atoms with Gasteiger partial charge in [-0.3, -0.25) is 9.69 Å². The maximum absolute atomic E-state index is 12.2. The van der Waals surface area contributed by atoms with E-state index in [0.29, 0.717) is 6.04 Å². The van der Waals surface area contributed by atoms with Crippen LogP contribution in [-0.2, 0) is 9.53 Å². The summed E-state index contributed by atoms with van der Waals surface area (Å²) in [5, 5.41) is 3.41. The normalized spacial score (nSPS) is 33.0. The van der Waals surface area contributed by atoms with Gasteiger partial charge in [-0.05, 0) is 39.3 Å². The number of hydrogen-bond acceptors (Lipinski definition) is 5. The van der Waals surface area contributed by atoms with Crippen molar-refractivity contribution in [1.82, 2.24) is 15.1 Å². The Bertz CT molecular complexity index is 325. The summed E-state index contributed by atoms with van der Waals surface area (Å²) in [5.41, 5.74) is -0.463. The highest BCUT2D eigenvalue weighted by Crippen LogP contribution is 2.32. The molecule has 1 N–H and O–H groups in total. The first-order valence-corrected chi connectivity index (χ1v) is 7.87. The number of carbonyl (C=O) groups excluding carboxylic acids is 1. The van der Waals surface area contributed by atoms with E-state index >= 15 is 0 Å². The van der Waals surface area contributed by atoms with Crippen molar-refractivity contribution in [2.75, 3.05) is 46.9 Å². The first-order valence-electron chi connectivity index (χ1n) is 7.87. The SMILES string of the molecule is CCNC1(C(=O)OC)CCCC(N2CCN(C)CC2)C1. The summed E-state index contributed by atoms with van der Waals surface area (Å²) in [7, 11) is 3.68. The second kappa shape index (κ2) is 6.87. The molecule has 0 spiro atoms. The van der Waals surface area contributed by atoms with Gasteiger partial charge in [-0.15, -0.1) is 0 Å². The second-order valence-electron chi connectivity index (χ2n) is 6.19. The molecule has 20 heavy (non-hydrogen) atoms. The molecular formula is C15H29N3O2. The molecule has 0 bridgehead atoms. The van der Waals surface area contributed by atoms with E-state index in [1.54, 1.807) is 0 Å². The number of carbonyl (C=O) groups is 1. The van der Waals surface area contributed by atoms with E-state index in [1.165, 1.54) is 13.5 Å². The summed E-state index contributed by atoms with van der Waals surface area (Å²) >= 11 is 0. The third-order valence-corrected chi connectivity index (χ3v) is 4.87. The Morgan fingerprint density at radius 3 is 2.65 bits per heavy atom. The topological polar surface area (TPSA) is 44.8 Å². The fourth-order valence-electron chi connectivity index (χ4n) is 3.70. The van der Waals surface area contributed by atoms with E-state index in [-0.39, 0.29) is 5.97 Å². The Labute approximate surface area is 122 Å². The Hall–Kier alpha value is -0.650. The van der Waals surface area contributed by atoms with Crippen molar-refractivity contribution in [3.8, 4) is 0 Å². The number of nitrogens with zero attached hydrogens (tertiary/aromatic N) is 2. The third kappa shape index (κ3) is 3.32.